The average Bonchev–Trinajstić information content (AvgIpc) is 2.40. The summed E-state index contributed by atoms with van der Waals surface area (Å²) in [5, 5.41) is 10.6. The monoisotopic (exact) mass is 1450 g/mol. The highest BCUT2D eigenvalue weighted by atomic mass is 31.2. The average molecular weight is 1450 g/mol. The lowest BCUT2D eigenvalue weighted by Crippen LogP contribution is -2.30. The summed E-state index contributed by atoms with van der Waals surface area (Å²) in [6.07, 6.45) is 63.8. The van der Waals surface area contributed by atoms with E-state index in [0.717, 1.165) is 95.8 Å². The molecule has 0 aromatic rings. The minimum absolute atomic E-state index is 0.108. The van der Waals surface area contributed by atoms with Gasteiger partial charge in [-0.2, -0.15) is 0 Å². The Labute approximate surface area is 607 Å². The summed E-state index contributed by atoms with van der Waals surface area (Å²) in [5.74, 6) is -1.34. The van der Waals surface area contributed by atoms with Gasteiger partial charge in [-0.25, -0.2) is 9.13 Å². The second kappa shape index (κ2) is 73.0. The summed E-state index contributed by atoms with van der Waals surface area (Å²) < 4.78 is 68.7. The van der Waals surface area contributed by atoms with Gasteiger partial charge in [0.05, 0.1) is 26.4 Å². The number of hydrogen-bond donors (Lipinski definition) is 3. The molecule has 3 N–H and O–H groups in total. The molecule has 0 bridgehead atoms. The van der Waals surface area contributed by atoms with Gasteiger partial charge in [-0.1, -0.05) is 375 Å². The lowest BCUT2D eigenvalue weighted by Gasteiger charge is -2.21. The van der Waals surface area contributed by atoms with Gasteiger partial charge in [0.25, 0.3) is 0 Å². The van der Waals surface area contributed by atoms with E-state index in [4.69, 9.17) is 37.0 Å². The van der Waals surface area contributed by atoms with Crippen LogP contribution in [0.25, 0.3) is 0 Å². The Bertz CT molecular complexity index is 1890. The molecular formula is C80H156O17P2. The molecule has 2 unspecified atom stereocenters. The molecule has 5 atom stereocenters. The summed E-state index contributed by atoms with van der Waals surface area (Å²) >= 11 is 0. The summed E-state index contributed by atoms with van der Waals surface area (Å²) in [6, 6.07) is 0. The maximum Gasteiger partial charge on any atom is 0.472 e. The Morgan fingerprint density at radius 1 is 0.273 bits per heavy atom. The quantitative estimate of drug-likeness (QED) is 0.0222. The van der Waals surface area contributed by atoms with E-state index in [1.807, 2.05) is 0 Å². The fourth-order valence-electron chi connectivity index (χ4n) is 12.4. The molecule has 0 aliphatic rings. The third-order valence-corrected chi connectivity index (χ3v) is 20.7. The molecule has 99 heavy (non-hydrogen) atoms. The molecule has 17 nitrogen and oxygen atoms in total. The number of carbonyl (C=O) groups excluding carboxylic acids is 4. The molecule has 0 rings (SSSR count). The minimum atomic E-state index is -4.96. The van der Waals surface area contributed by atoms with Crippen LogP contribution >= 0.6 is 15.6 Å². The molecule has 0 saturated carbocycles. The number of hydrogen-bond acceptors (Lipinski definition) is 15. The van der Waals surface area contributed by atoms with Gasteiger partial charge in [0.2, 0.25) is 0 Å². The zero-order chi connectivity index (χ0) is 72.7. The second-order valence-electron chi connectivity index (χ2n) is 29.3. The van der Waals surface area contributed by atoms with E-state index >= 15 is 0 Å². The van der Waals surface area contributed by atoms with Crippen LogP contribution in [0.3, 0.4) is 0 Å². The van der Waals surface area contributed by atoms with Crippen molar-refractivity contribution in [1.82, 2.24) is 0 Å². The van der Waals surface area contributed by atoms with Crippen molar-refractivity contribution in [3.63, 3.8) is 0 Å². The van der Waals surface area contributed by atoms with Crippen LogP contribution in [-0.2, 0) is 65.4 Å². The fraction of sp³-hybridized carbons (Fsp3) is 0.950. The zero-order valence-electron chi connectivity index (χ0n) is 64.6. The van der Waals surface area contributed by atoms with Gasteiger partial charge in [-0.15, -0.1) is 0 Å². The predicted octanol–water partition coefficient (Wildman–Crippen LogP) is 24.0. The van der Waals surface area contributed by atoms with Crippen molar-refractivity contribution in [2.75, 3.05) is 39.6 Å². The summed E-state index contributed by atoms with van der Waals surface area (Å²) in [6.45, 7) is 7.32. The Morgan fingerprint density at radius 2 is 0.465 bits per heavy atom. The Hall–Kier alpha value is -1.94. The second-order valence-corrected chi connectivity index (χ2v) is 32.2. The Morgan fingerprint density at radius 3 is 0.687 bits per heavy atom. The first-order valence-corrected chi connectivity index (χ1v) is 44.6. The number of phosphoric acid groups is 2. The highest BCUT2D eigenvalue weighted by Gasteiger charge is 2.30. The van der Waals surface area contributed by atoms with Crippen LogP contribution in [0.4, 0.5) is 0 Å². The topological polar surface area (TPSA) is 237 Å². The first-order valence-electron chi connectivity index (χ1n) is 41.6. The summed E-state index contributed by atoms with van der Waals surface area (Å²) in [4.78, 5) is 73.0. The van der Waals surface area contributed by atoms with Gasteiger partial charge in [0.15, 0.2) is 12.2 Å². The Kier molecular flexibility index (Phi) is 71.6. The van der Waals surface area contributed by atoms with Crippen LogP contribution in [0.2, 0.25) is 0 Å². The van der Waals surface area contributed by atoms with E-state index in [-0.39, 0.29) is 25.7 Å². The number of rotatable bonds is 80. The molecule has 0 heterocycles. The van der Waals surface area contributed by atoms with Crippen LogP contribution in [-0.4, -0.2) is 96.7 Å². The SMILES string of the molecule is CCCCCCCCCCCCCCCCCCCCCCCC(=O)O[C@H](COC(=O)CCCCCCCCCCCCCC(C)C)COP(=O)(O)OC[C@@H](O)COP(=O)(O)OC[C@@H](COC(=O)CCCCCCCCCCCCCC)OC(=O)CCCCCCCCCCCCCC. The van der Waals surface area contributed by atoms with E-state index in [2.05, 4.69) is 34.6 Å². The van der Waals surface area contributed by atoms with Gasteiger partial charge >= 0.3 is 39.5 Å². The van der Waals surface area contributed by atoms with Gasteiger partial charge in [-0.3, -0.25) is 37.3 Å². The lowest BCUT2D eigenvalue weighted by molar-refractivity contribution is -0.161. The number of aliphatic hydroxyl groups excluding tert-OH is 1. The molecule has 588 valence electrons. The standard InChI is InChI=1S/C80H156O17P2/c1-6-9-12-15-18-21-24-27-28-29-30-31-32-33-34-35-40-46-51-56-61-66-80(85)97-76(70-91-78(83)64-59-54-49-44-41-36-37-42-47-52-57-62-73(4)5)72-95-99(88,89)93-68-74(81)67-92-98(86,87)94-71-75(96-79(84)65-60-55-50-45-39-26-23-20-17-14-11-8-3)69-90-77(82)63-58-53-48-43-38-25-22-19-16-13-10-7-2/h73-76,81H,6-72H2,1-5H3,(H,86,87)(H,88,89)/t74-,75+,76+/m0/s1. The molecule has 0 fully saturated rings. The van der Waals surface area contributed by atoms with E-state index in [1.165, 1.54) is 250 Å². The maximum absolute atomic E-state index is 13.1. The first-order chi connectivity index (χ1) is 48.0. The summed E-state index contributed by atoms with van der Waals surface area (Å²) in [7, 11) is -9.92. The molecule has 0 saturated heterocycles. The smallest absolute Gasteiger partial charge is 0.462 e. The lowest BCUT2D eigenvalue weighted by atomic mass is 10.0. The van der Waals surface area contributed by atoms with Crippen LogP contribution in [0, 0.1) is 5.92 Å². The molecule has 0 spiro atoms. The predicted molar refractivity (Wildman–Crippen MR) is 405 cm³/mol. The Balaban J connectivity index is 5.22. The molecule has 0 amide bonds. The number of phosphoric ester groups is 2. The fourth-order valence-corrected chi connectivity index (χ4v) is 14.0. The van der Waals surface area contributed by atoms with E-state index in [9.17, 15) is 43.2 Å². The van der Waals surface area contributed by atoms with Crippen LogP contribution in [0.15, 0.2) is 0 Å². The van der Waals surface area contributed by atoms with E-state index in [0.29, 0.717) is 25.7 Å². The molecular weight excluding hydrogens is 1290 g/mol. The van der Waals surface area contributed by atoms with E-state index in [1.54, 1.807) is 0 Å². The van der Waals surface area contributed by atoms with Crippen molar-refractivity contribution in [2.24, 2.45) is 5.92 Å². The third kappa shape index (κ3) is 74.1. The highest BCUT2D eigenvalue weighted by Crippen LogP contribution is 2.45. The number of carbonyl (C=O) groups is 4. The molecule has 0 aromatic heterocycles. The van der Waals surface area contributed by atoms with Crippen molar-refractivity contribution in [1.29, 1.82) is 0 Å². The number of esters is 4. The van der Waals surface area contributed by atoms with Gasteiger partial charge in [0, 0.05) is 25.7 Å². The number of aliphatic hydroxyl groups is 1. The van der Waals surface area contributed by atoms with Crippen molar-refractivity contribution in [3.05, 3.63) is 0 Å². The number of ether oxygens (including phenoxy) is 4. The largest absolute Gasteiger partial charge is 0.472 e. The van der Waals surface area contributed by atoms with Crippen molar-refractivity contribution < 1.29 is 80.2 Å². The molecule has 0 radical (unpaired) electrons. The van der Waals surface area contributed by atoms with Crippen molar-refractivity contribution >= 4 is 39.5 Å². The van der Waals surface area contributed by atoms with Gasteiger partial charge in [0.1, 0.15) is 19.3 Å². The van der Waals surface area contributed by atoms with Crippen molar-refractivity contribution in [3.8, 4) is 0 Å². The molecule has 0 aromatic carbocycles. The maximum atomic E-state index is 13.1. The minimum Gasteiger partial charge on any atom is -0.462 e. The van der Waals surface area contributed by atoms with E-state index < -0.39 is 97.5 Å². The summed E-state index contributed by atoms with van der Waals surface area (Å²) in [5.41, 5.74) is 0. The van der Waals surface area contributed by atoms with Crippen LogP contribution in [0.5, 0.6) is 0 Å². The molecule has 19 heteroatoms. The first kappa shape index (κ1) is 97.1. The normalized spacial score (nSPS) is 13.9. The highest BCUT2D eigenvalue weighted by molar-refractivity contribution is 7.47. The van der Waals surface area contributed by atoms with Crippen molar-refractivity contribution in [2.45, 2.75) is 445 Å². The zero-order valence-corrected chi connectivity index (χ0v) is 66.4. The molecule has 0 aliphatic heterocycles. The third-order valence-electron chi connectivity index (χ3n) is 18.8. The van der Waals surface area contributed by atoms with Gasteiger partial charge in [-0.05, 0) is 31.6 Å². The number of unbranched alkanes of at least 4 members (excludes halogenated alkanes) is 52. The van der Waals surface area contributed by atoms with Gasteiger partial charge < -0.3 is 33.8 Å². The van der Waals surface area contributed by atoms with Crippen LogP contribution in [0.1, 0.15) is 426 Å². The van der Waals surface area contributed by atoms with Crippen LogP contribution < -0.4 is 0 Å². The molecule has 0 aliphatic carbocycles.